The predicted octanol–water partition coefficient (Wildman–Crippen LogP) is 1.75. The van der Waals surface area contributed by atoms with Gasteiger partial charge < -0.3 is 9.80 Å². The highest BCUT2D eigenvalue weighted by molar-refractivity contribution is 5.76. The first-order chi connectivity index (χ1) is 9.12. The van der Waals surface area contributed by atoms with Crippen LogP contribution in [0.1, 0.15) is 19.8 Å². The molecule has 4 nitrogen and oxygen atoms in total. The van der Waals surface area contributed by atoms with Gasteiger partial charge in [0.2, 0.25) is 12.3 Å². The minimum absolute atomic E-state index is 0.0952. The molecular formula is C15H22N2O2. The number of carbonyl (C=O) groups is 2. The van der Waals surface area contributed by atoms with Gasteiger partial charge in [-0.25, -0.2) is 0 Å². The standard InChI is InChI=1S/C15H22N2O2/c1-4-6-14(5-2)7-8-15(19)16-9-10-17(12-18)13(3)11-16/h4-6,12-13H,1-2,7-11H2,3H3/b14-6+. The molecule has 0 aromatic carbocycles. The normalized spacial score (nSPS) is 20.1. The van der Waals surface area contributed by atoms with Crippen molar-refractivity contribution < 1.29 is 9.59 Å². The Hall–Kier alpha value is -1.84. The molecule has 4 heteroatoms. The van der Waals surface area contributed by atoms with Crippen LogP contribution in [0.25, 0.3) is 0 Å². The lowest BCUT2D eigenvalue weighted by Crippen LogP contribution is -2.52. The van der Waals surface area contributed by atoms with Crippen LogP contribution in [0.4, 0.5) is 0 Å². The first kappa shape index (κ1) is 15.2. The average Bonchev–Trinajstić information content (AvgIpc) is 2.42. The molecule has 0 N–H and O–H groups in total. The summed E-state index contributed by atoms with van der Waals surface area (Å²) in [5.41, 5.74) is 1.02. The van der Waals surface area contributed by atoms with Crippen LogP contribution in [0.2, 0.25) is 0 Å². The van der Waals surface area contributed by atoms with E-state index in [-0.39, 0.29) is 11.9 Å². The molecule has 1 rings (SSSR count). The maximum Gasteiger partial charge on any atom is 0.223 e. The van der Waals surface area contributed by atoms with Crippen LogP contribution >= 0.6 is 0 Å². The molecule has 1 saturated heterocycles. The fourth-order valence-corrected chi connectivity index (χ4v) is 2.17. The molecule has 0 bridgehead atoms. The van der Waals surface area contributed by atoms with Gasteiger partial charge >= 0.3 is 0 Å². The quantitative estimate of drug-likeness (QED) is 0.540. The van der Waals surface area contributed by atoms with Crippen LogP contribution in [0.5, 0.6) is 0 Å². The van der Waals surface area contributed by atoms with Crippen molar-refractivity contribution in [1.82, 2.24) is 9.80 Å². The second-order valence-corrected chi connectivity index (χ2v) is 4.71. The fraction of sp³-hybridized carbons (Fsp3) is 0.467. The second-order valence-electron chi connectivity index (χ2n) is 4.71. The second kappa shape index (κ2) is 7.56. The van der Waals surface area contributed by atoms with Gasteiger partial charge in [0.15, 0.2) is 0 Å². The van der Waals surface area contributed by atoms with Crippen molar-refractivity contribution in [2.45, 2.75) is 25.8 Å². The summed E-state index contributed by atoms with van der Waals surface area (Å²) in [5, 5.41) is 0. The highest BCUT2D eigenvalue weighted by atomic mass is 16.2. The third-order valence-electron chi connectivity index (χ3n) is 3.39. The Bertz CT molecular complexity index is 388. The predicted molar refractivity (Wildman–Crippen MR) is 76.5 cm³/mol. The summed E-state index contributed by atoms with van der Waals surface area (Å²) in [6.45, 7) is 11.2. The number of nitrogens with zero attached hydrogens (tertiary/aromatic N) is 2. The molecule has 0 aromatic heterocycles. The summed E-state index contributed by atoms with van der Waals surface area (Å²) in [7, 11) is 0. The number of carbonyl (C=O) groups excluding carboxylic acids is 2. The van der Waals surface area contributed by atoms with Crippen LogP contribution in [-0.4, -0.2) is 47.8 Å². The van der Waals surface area contributed by atoms with E-state index < -0.39 is 0 Å². The summed E-state index contributed by atoms with van der Waals surface area (Å²) >= 11 is 0. The first-order valence-corrected chi connectivity index (χ1v) is 6.55. The van der Waals surface area contributed by atoms with Gasteiger partial charge in [0.05, 0.1) is 0 Å². The SMILES string of the molecule is C=C/C=C(\C=C)CCC(=O)N1CCN(C=O)C(C)C1. The molecular weight excluding hydrogens is 240 g/mol. The van der Waals surface area contributed by atoms with Gasteiger partial charge in [-0.3, -0.25) is 9.59 Å². The summed E-state index contributed by atoms with van der Waals surface area (Å²) in [6, 6.07) is 0.0952. The Morgan fingerprint density at radius 1 is 1.32 bits per heavy atom. The summed E-state index contributed by atoms with van der Waals surface area (Å²) < 4.78 is 0. The molecule has 2 amide bonds. The van der Waals surface area contributed by atoms with Crippen LogP contribution in [0, 0.1) is 0 Å². The van der Waals surface area contributed by atoms with Crippen molar-refractivity contribution >= 4 is 12.3 Å². The van der Waals surface area contributed by atoms with E-state index in [1.165, 1.54) is 0 Å². The first-order valence-electron chi connectivity index (χ1n) is 6.55. The van der Waals surface area contributed by atoms with Crippen molar-refractivity contribution in [2.24, 2.45) is 0 Å². The lowest BCUT2D eigenvalue weighted by atomic mass is 10.1. The van der Waals surface area contributed by atoms with E-state index in [1.54, 1.807) is 17.1 Å². The largest absolute Gasteiger partial charge is 0.339 e. The summed E-state index contributed by atoms with van der Waals surface area (Å²) in [6.07, 6.45) is 7.33. The van der Waals surface area contributed by atoms with Crippen molar-refractivity contribution in [2.75, 3.05) is 19.6 Å². The topological polar surface area (TPSA) is 40.6 Å². The van der Waals surface area contributed by atoms with E-state index in [1.807, 2.05) is 17.9 Å². The van der Waals surface area contributed by atoms with Crippen molar-refractivity contribution in [3.8, 4) is 0 Å². The van der Waals surface area contributed by atoms with Gasteiger partial charge in [-0.2, -0.15) is 0 Å². The van der Waals surface area contributed by atoms with E-state index in [9.17, 15) is 9.59 Å². The van der Waals surface area contributed by atoms with Gasteiger partial charge in [0, 0.05) is 32.1 Å². The van der Waals surface area contributed by atoms with E-state index in [0.717, 1.165) is 12.0 Å². The molecule has 1 unspecified atom stereocenters. The van der Waals surface area contributed by atoms with Crippen molar-refractivity contribution in [1.29, 1.82) is 0 Å². The van der Waals surface area contributed by atoms with Gasteiger partial charge in [0.1, 0.15) is 0 Å². The maximum atomic E-state index is 12.1. The van der Waals surface area contributed by atoms with Crippen molar-refractivity contribution in [3.05, 3.63) is 37.0 Å². The summed E-state index contributed by atoms with van der Waals surface area (Å²) in [5.74, 6) is 0.134. The van der Waals surface area contributed by atoms with Gasteiger partial charge in [-0.05, 0) is 18.9 Å². The Morgan fingerprint density at radius 3 is 2.58 bits per heavy atom. The highest BCUT2D eigenvalue weighted by Gasteiger charge is 2.25. The monoisotopic (exact) mass is 262 g/mol. The smallest absolute Gasteiger partial charge is 0.223 e. The van der Waals surface area contributed by atoms with Crippen LogP contribution < -0.4 is 0 Å². The van der Waals surface area contributed by atoms with Gasteiger partial charge in [0.25, 0.3) is 0 Å². The zero-order valence-corrected chi connectivity index (χ0v) is 11.5. The molecule has 19 heavy (non-hydrogen) atoms. The molecule has 1 aliphatic rings. The number of hydrogen-bond acceptors (Lipinski definition) is 2. The maximum absolute atomic E-state index is 12.1. The van der Waals surface area contributed by atoms with Gasteiger partial charge in [-0.15, -0.1) is 0 Å². The molecule has 1 fully saturated rings. The minimum atomic E-state index is 0.0952. The molecule has 1 heterocycles. The Morgan fingerprint density at radius 2 is 2.05 bits per heavy atom. The third-order valence-corrected chi connectivity index (χ3v) is 3.39. The van der Waals surface area contributed by atoms with E-state index in [0.29, 0.717) is 32.5 Å². The minimum Gasteiger partial charge on any atom is -0.339 e. The fourth-order valence-electron chi connectivity index (χ4n) is 2.17. The number of amides is 2. The average molecular weight is 262 g/mol. The molecule has 0 saturated carbocycles. The molecule has 1 aliphatic heterocycles. The van der Waals surface area contributed by atoms with E-state index >= 15 is 0 Å². The van der Waals surface area contributed by atoms with E-state index in [2.05, 4.69) is 13.2 Å². The third kappa shape index (κ3) is 4.39. The highest BCUT2D eigenvalue weighted by Crippen LogP contribution is 2.12. The molecule has 0 aromatic rings. The number of allylic oxidation sites excluding steroid dienone is 4. The molecule has 0 spiro atoms. The molecule has 1 atom stereocenters. The summed E-state index contributed by atoms with van der Waals surface area (Å²) in [4.78, 5) is 26.4. The molecule has 0 aliphatic carbocycles. The van der Waals surface area contributed by atoms with Crippen molar-refractivity contribution in [3.63, 3.8) is 0 Å². The van der Waals surface area contributed by atoms with Crippen LogP contribution in [0.3, 0.4) is 0 Å². The zero-order valence-electron chi connectivity index (χ0n) is 11.5. The Balaban J connectivity index is 2.46. The lowest BCUT2D eigenvalue weighted by molar-refractivity contribution is -0.137. The molecule has 0 radical (unpaired) electrons. The Kier molecular flexibility index (Phi) is 6.06. The van der Waals surface area contributed by atoms with E-state index in [4.69, 9.17) is 0 Å². The number of hydrogen-bond donors (Lipinski definition) is 0. The number of rotatable bonds is 6. The molecule has 104 valence electrons. The van der Waals surface area contributed by atoms with Crippen LogP contribution in [0.15, 0.2) is 37.0 Å². The van der Waals surface area contributed by atoms with Gasteiger partial charge in [-0.1, -0.05) is 31.4 Å². The lowest BCUT2D eigenvalue weighted by Gasteiger charge is -2.37. The van der Waals surface area contributed by atoms with Crippen LogP contribution in [-0.2, 0) is 9.59 Å². The number of piperazine rings is 1. The zero-order chi connectivity index (χ0) is 14.3. The Labute approximate surface area is 115 Å².